The number of aryl methyl sites for hydroxylation is 4. The quantitative estimate of drug-likeness (QED) is 0.0926. The number of nitrogens with zero attached hydrogens (tertiary/aromatic N) is 4. The van der Waals surface area contributed by atoms with Crippen LogP contribution in [0.15, 0.2) is 115 Å². The van der Waals surface area contributed by atoms with Crippen molar-refractivity contribution in [3.8, 4) is 22.6 Å². The van der Waals surface area contributed by atoms with Gasteiger partial charge in [-0.2, -0.15) is 16.8 Å². The molecule has 0 radical (unpaired) electrons. The molecule has 0 aliphatic carbocycles. The monoisotopic (exact) mass is 710 g/mol. The Labute approximate surface area is 287 Å². The van der Waals surface area contributed by atoms with Gasteiger partial charge in [0.1, 0.15) is 21.2 Å². The Balaban J connectivity index is 1.34. The average molecular weight is 711 g/mol. The molecule has 6 aromatic carbocycles. The summed E-state index contributed by atoms with van der Waals surface area (Å²) >= 11 is 0. The van der Waals surface area contributed by atoms with Gasteiger partial charge >= 0.3 is 0 Å². The second kappa shape index (κ2) is 12.7. The Hall–Kier alpha value is -5.54. The first kappa shape index (κ1) is 34.3. The van der Waals surface area contributed by atoms with Crippen LogP contribution in [0, 0.1) is 27.7 Å². The van der Waals surface area contributed by atoms with Crippen molar-refractivity contribution in [1.82, 2.24) is 0 Å². The molecule has 0 saturated carbocycles. The van der Waals surface area contributed by atoms with Gasteiger partial charge in [-0.05, 0) is 97.5 Å². The predicted molar refractivity (Wildman–Crippen MR) is 190 cm³/mol. The van der Waals surface area contributed by atoms with Crippen LogP contribution in [0.3, 0.4) is 0 Å². The van der Waals surface area contributed by atoms with Crippen LogP contribution in [0.2, 0.25) is 0 Å². The molecule has 254 valence electrons. The number of hydrogen-bond acceptors (Lipinski definition) is 10. The van der Waals surface area contributed by atoms with E-state index in [-0.39, 0.29) is 44.4 Å². The summed E-state index contributed by atoms with van der Waals surface area (Å²) in [6.07, 6.45) is 0. The highest BCUT2D eigenvalue weighted by Crippen LogP contribution is 2.42. The molecule has 0 aliphatic rings. The van der Waals surface area contributed by atoms with Gasteiger partial charge in [-0.3, -0.25) is 9.11 Å². The van der Waals surface area contributed by atoms with E-state index in [4.69, 9.17) is 0 Å². The average Bonchev–Trinajstić information content (AvgIpc) is 3.04. The topological polar surface area (TPSA) is 199 Å². The molecule has 0 fully saturated rings. The second-order valence-electron chi connectivity index (χ2n) is 11.8. The maximum atomic E-state index is 12.1. The number of azo groups is 2. The van der Waals surface area contributed by atoms with Crippen LogP contribution >= 0.6 is 0 Å². The van der Waals surface area contributed by atoms with Crippen molar-refractivity contribution < 1.29 is 36.2 Å². The minimum Gasteiger partial charge on any atom is -0.505 e. The van der Waals surface area contributed by atoms with Crippen LogP contribution < -0.4 is 0 Å². The molecule has 6 aromatic rings. The molecule has 0 unspecified atom stereocenters. The van der Waals surface area contributed by atoms with Gasteiger partial charge in [-0.25, -0.2) is 0 Å². The van der Waals surface area contributed by atoms with Gasteiger partial charge in [0.25, 0.3) is 20.2 Å². The molecule has 0 aliphatic heterocycles. The zero-order valence-electron chi connectivity index (χ0n) is 27.1. The largest absolute Gasteiger partial charge is 0.505 e. The van der Waals surface area contributed by atoms with Crippen molar-refractivity contribution in [2.24, 2.45) is 20.5 Å². The van der Waals surface area contributed by atoms with E-state index >= 15 is 0 Å². The van der Waals surface area contributed by atoms with E-state index in [9.17, 15) is 36.2 Å². The Morgan fingerprint density at radius 3 is 1.06 bits per heavy atom. The van der Waals surface area contributed by atoms with E-state index in [1.165, 1.54) is 24.3 Å². The molecule has 6 rings (SSSR count). The van der Waals surface area contributed by atoms with Crippen LogP contribution in [0.1, 0.15) is 22.3 Å². The zero-order chi connectivity index (χ0) is 36.1. The van der Waals surface area contributed by atoms with Gasteiger partial charge in [-0.15, -0.1) is 20.5 Å². The van der Waals surface area contributed by atoms with E-state index in [1.807, 2.05) is 52.0 Å². The number of rotatable bonds is 7. The SMILES string of the molecule is Cc1cc(-c2cc(C)c(N=Nc3cc(S(=O)(=O)O)c4ccccc4c3O)c(C)c2)cc(C)c1N=Nc1cc(S(=O)(=O)O)c2ccccc2c1O. The van der Waals surface area contributed by atoms with E-state index in [0.717, 1.165) is 45.5 Å². The Morgan fingerprint density at radius 1 is 0.460 bits per heavy atom. The standard InChI is InChI=1S/C36H30N4O8S2/c1-19-13-23(14-20(2)33(19)39-37-29-17-31(49(43,44)45)25-9-5-7-11-27(25)35(29)41)24-15-21(3)34(22(4)16-24)40-38-30-18-32(50(46,47)48)26-10-6-8-12-28(26)36(30)42/h5-18,41-42H,1-4H3,(H,43,44,45)(H,46,47,48). The predicted octanol–water partition coefficient (Wildman–Crippen LogP) is 9.63. The highest BCUT2D eigenvalue weighted by molar-refractivity contribution is 7.86. The van der Waals surface area contributed by atoms with Gasteiger partial charge in [0, 0.05) is 21.5 Å². The summed E-state index contributed by atoms with van der Waals surface area (Å²) in [6, 6.07) is 22.2. The number of phenols is 2. The van der Waals surface area contributed by atoms with Crippen LogP contribution in [0.4, 0.5) is 22.7 Å². The van der Waals surface area contributed by atoms with Crippen LogP contribution in [0.5, 0.6) is 11.5 Å². The summed E-state index contributed by atoms with van der Waals surface area (Å²) in [6.45, 7) is 7.36. The van der Waals surface area contributed by atoms with Gasteiger partial charge in [0.05, 0.1) is 11.4 Å². The van der Waals surface area contributed by atoms with Crippen molar-refractivity contribution in [3.05, 3.63) is 107 Å². The normalized spacial score (nSPS) is 12.5. The molecule has 0 amide bonds. The molecule has 0 atom stereocenters. The lowest BCUT2D eigenvalue weighted by atomic mass is 9.95. The van der Waals surface area contributed by atoms with Gasteiger partial charge < -0.3 is 10.2 Å². The first-order chi connectivity index (χ1) is 23.5. The molecular weight excluding hydrogens is 681 g/mol. The maximum absolute atomic E-state index is 12.1. The lowest BCUT2D eigenvalue weighted by molar-refractivity contribution is 0.477. The number of aromatic hydroxyl groups is 2. The number of phenolic OH excluding ortho intramolecular Hbond substituents is 2. The smallest absolute Gasteiger partial charge is 0.295 e. The summed E-state index contributed by atoms with van der Waals surface area (Å²) in [4.78, 5) is -0.788. The van der Waals surface area contributed by atoms with Gasteiger partial charge in [-0.1, -0.05) is 48.5 Å². The minimum atomic E-state index is -4.62. The fraction of sp³-hybridized carbons (Fsp3) is 0.111. The number of benzene rings is 6. The summed E-state index contributed by atoms with van der Waals surface area (Å²) in [5.74, 6) is -0.553. The fourth-order valence-corrected chi connectivity index (χ4v) is 7.41. The maximum Gasteiger partial charge on any atom is 0.295 e. The lowest BCUT2D eigenvalue weighted by Gasteiger charge is -2.13. The summed E-state index contributed by atoms with van der Waals surface area (Å²) in [5.41, 5.74) is 5.49. The first-order valence-corrected chi connectivity index (χ1v) is 17.9. The molecule has 0 spiro atoms. The Morgan fingerprint density at radius 2 is 0.760 bits per heavy atom. The lowest BCUT2D eigenvalue weighted by Crippen LogP contribution is -1.99. The van der Waals surface area contributed by atoms with Crippen molar-refractivity contribution in [2.75, 3.05) is 0 Å². The Bertz CT molecular complexity index is 2440. The third kappa shape index (κ3) is 6.44. The zero-order valence-corrected chi connectivity index (χ0v) is 28.7. The fourth-order valence-electron chi connectivity index (χ4n) is 5.97. The number of fused-ring (bicyclic) bond motifs is 2. The van der Waals surface area contributed by atoms with Crippen molar-refractivity contribution >= 4 is 64.5 Å². The van der Waals surface area contributed by atoms with Crippen molar-refractivity contribution in [2.45, 2.75) is 37.5 Å². The van der Waals surface area contributed by atoms with Crippen LogP contribution in [0.25, 0.3) is 32.7 Å². The van der Waals surface area contributed by atoms with E-state index < -0.39 is 30.0 Å². The molecule has 14 heteroatoms. The molecule has 0 heterocycles. The molecule has 0 aromatic heterocycles. The van der Waals surface area contributed by atoms with Crippen LogP contribution in [-0.2, 0) is 20.2 Å². The first-order valence-electron chi connectivity index (χ1n) is 15.1. The number of hydrogen-bond donors (Lipinski definition) is 4. The molecule has 0 bridgehead atoms. The molecule has 4 N–H and O–H groups in total. The second-order valence-corrected chi connectivity index (χ2v) is 14.6. The Kier molecular flexibility index (Phi) is 8.74. The van der Waals surface area contributed by atoms with E-state index in [0.29, 0.717) is 11.4 Å². The highest BCUT2D eigenvalue weighted by Gasteiger charge is 2.21. The molecule has 12 nitrogen and oxygen atoms in total. The summed E-state index contributed by atoms with van der Waals surface area (Å²) < 4.78 is 68.0. The van der Waals surface area contributed by atoms with Crippen molar-refractivity contribution in [3.63, 3.8) is 0 Å². The summed E-state index contributed by atoms with van der Waals surface area (Å²) in [5, 5.41) is 39.4. The van der Waals surface area contributed by atoms with Gasteiger partial charge in [0.2, 0.25) is 0 Å². The summed E-state index contributed by atoms with van der Waals surface area (Å²) in [7, 11) is -9.23. The third-order valence-corrected chi connectivity index (χ3v) is 10.1. The molecular formula is C36H30N4O8S2. The van der Waals surface area contributed by atoms with Crippen molar-refractivity contribution in [1.29, 1.82) is 0 Å². The van der Waals surface area contributed by atoms with E-state index in [1.54, 1.807) is 24.3 Å². The minimum absolute atomic E-state index is 0.124. The van der Waals surface area contributed by atoms with Crippen LogP contribution in [-0.4, -0.2) is 36.2 Å². The third-order valence-electron chi connectivity index (χ3n) is 8.30. The molecule has 0 saturated heterocycles. The highest BCUT2D eigenvalue weighted by atomic mass is 32.2. The molecule has 50 heavy (non-hydrogen) atoms. The van der Waals surface area contributed by atoms with E-state index in [2.05, 4.69) is 20.5 Å². The van der Waals surface area contributed by atoms with Gasteiger partial charge in [0.15, 0.2) is 11.5 Å².